The number of ether oxygens (including phenoxy) is 1. The third-order valence-corrected chi connectivity index (χ3v) is 4.81. The summed E-state index contributed by atoms with van der Waals surface area (Å²) in [6.45, 7) is 5.29. The lowest BCUT2D eigenvalue weighted by atomic mass is 10.1. The number of furan rings is 1. The van der Waals surface area contributed by atoms with Crippen LogP contribution in [-0.4, -0.2) is 35.6 Å². The molecule has 0 atom stereocenters. The average molecular weight is 431 g/mol. The van der Waals surface area contributed by atoms with Gasteiger partial charge in [0.2, 0.25) is 0 Å². The number of carbonyl (C=O) groups excluding carboxylic acids is 2. The second-order valence-corrected chi connectivity index (χ2v) is 7.70. The highest BCUT2D eigenvalue weighted by Gasteiger charge is 2.25. The average Bonchev–Trinajstić information content (AvgIpc) is 3.33. The van der Waals surface area contributed by atoms with Crippen molar-refractivity contribution in [2.75, 3.05) is 13.7 Å². The molecule has 1 aromatic carbocycles. The van der Waals surface area contributed by atoms with Crippen LogP contribution >= 0.6 is 11.6 Å². The Labute approximate surface area is 179 Å². The minimum absolute atomic E-state index is 0.0269. The maximum absolute atomic E-state index is 12.4. The molecule has 0 unspecified atom stereocenters. The molecule has 158 valence electrons. The van der Waals surface area contributed by atoms with Gasteiger partial charge in [-0.2, -0.15) is 0 Å². The maximum Gasteiger partial charge on any atom is 0.344 e. The van der Waals surface area contributed by atoms with Gasteiger partial charge in [0.25, 0.3) is 5.91 Å². The molecule has 0 aliphatic heterocycles. The molecule has 8 heteroatoms. The van der Waals surface area contributed by atoms with E-state index in [-0.39, 0.29) is 30.5 Å². The van der Waals surface area contributed by atoms with E-state index in [1.165, 1.54) is 4.90 Å². The number of benzene rings is 1. The number of esters is 1. The number of aromatic nitrogens is 1. The second kappa shape index (κ2) is 9.17. The molecule has 0 N–H and O–H groups in total. The van der Waals surface area contributed by atoms with Crippen molar-refractivity contribution in [3.05, 3.63) is 64.2 Å². The first-order valence-electron chi connectivity index (χ1n) is 9.48. The SMILES string of the molecule is Cc1noc(C(C)C)c1C(=O)OCC(=O)N(C)Cc1ccc(-c2ccc(Cl)cc2)o1. The molecule has 2 aromatic heterocycles. The first-order valence-corrected chi connectivity index (χ1v) is 9.86. The van der Waals surface area contributed by atoms with Gasteiger partial charge in [0.1, 0.15) is 17.1 Å². The van der Waals surface area contributed by atoms with Gasteiger partial charge in [0.15, 0.2) is 12.4 Å². The smallest absolute Gasteiger partial charge is 0.344 e. The fourth-order valence-corrected chi connectivity index (χ4v) is 3.02. The summed E-state index contributed by atoms with van der Waals surface area (Å²) in [5.74, 6) is 0.733. The highest BCUT2D eigenvalue weighted by Crippen LogP contribution is 2.25. The van der Waals surface area contributed by atoms with Gasteiger partial charge in [-0.05, 0) is 43.3 Å². The number of hydrogen-bond donors (Lipinski definition) is 0. The fourth-order valence-electron chi connectivity index (χ4n) is 2.89. The first kappa shape index (κ1) is 21.6. The van der Waals surface area contributed by atoms with E-state index in [1.807, 2.05) is 32.0 Å². The zero-order valence-corrected chi connectivity index (χ0v) is 18.0. The van der Waals surface area contributed by atoms with Gasteiger partial charge < -0.3 is 18.6 Å². The van der Waals surface area contributed by atoms with Crippen LogP contribution in [0.1, 0.15) is 47.3 Å². The molecule has 0 saturated heterocycles. The van der Waals surface area contributed by atoms with E-state index in [9.17, 15) is 9.59 Å². The van der Waals surface area contributed by atoms with E-state index in [2.05, 4.69) is 5.16 Å². The zero-order valence-electron chi connectivity index (χ0n) is 17.3. The van der Waals surface area contributed by atoms with Gasteiger partial charge in [-0.25, -0.2) is 4.79 Å². The van der Waals surface area contributed by atoms with E-state index in [4.69, 9.17) is 25.3 Å². The normalized spacial score (nSPS) is 11.0. The molecule has 0 radical (unpaired) electrons. The quantitative estimate of drug-likeness (QED) is 0.499. The molecule has 0 spiro atoms. The topological polar surface area (TPSA) is 85.8 Å². The highest BCUT2D eigenvalue weighted by atomic mass is 35.5. The third-order valence-electron chi connectivity index (χ3n) is 4.55. The van der Waals surface area contributed by atoms with Crippen molar-refractivity contribution in [3.8, 4) is 11.3 Å². The maximum atomic E-state index is 12.4. The molecule has 30 heavy (non-hydrogen) atoms. The molecule has 3 rings (SSSR count). The summed E-state index contributed by atoms with van der Waals surface area (Å²) in [7, 11) is 1.62. The third kappa shape index (κ3) is 4.91. The molecule has 0 fully saturated rings. The molecule has 2 heterocycles. The van der Waals surface area contributed by atoms with Crippen molar-refractivity contribution < 1.29 is 23.3 Å². The number of rotatable bonds is 7. The predicted molar refractivity (Wildman–Crippen MR) is 111 cm³/mol. The number of nitrogens with zero attached hydrogens (tertiary/aromatic N) is 2. The number of carbonyl (C=O) groups is 2. The van der Waals surface area contributed by atoms with Gasteiger partial charge in [-0.3, -0.25) is 4.79 Å². The van der Waals surface area contributed by atoms with Crippen LogP contribution in [-0.2, 0) is 16.1 Å². The van der Waals surface area contributed by atoms with Crippen LogP contribution in [0.4, 0.5) is 0 Å². The van der Waals surface area contributed by atoms with Crippen LogP contribution in [0.2, 0.25) is 5.02 Å². The van der Waals surface area contributed by atoms with Crippen molar-refractivity contribution in [1.29, 1.82) is 0 Å². The predicted octanol–water partition coefficient (Wildman–Crippen LogP) is 4.84. The van der Waals surface area contributed by atoms with E-state index < -0.39 is 5.97 Å². The van der Waals surface area contributed by atoms with Crippen LogP contribution in [0.15, 0.2) is 45.3 Å². The molecular weight excluding hydrogens is 408 g/mol. The van der Waals surface area contributed by atoms with Gasteiger partial charge in [0.05, 0.1) is 12.2 Å². The molecule has 0 saturated carbocycles. The van der Waals surface area contributed by atoms with E-state index in [0.29, 0.717) is 28.0 Å². The molecular formula is C22H23ClN2O5. The number of aryl methyl sites for hydroxylation is 1. The largest absolute Gasteiger partial charge is 0.459 e. The molecule has 3 aromatic rings. The number of hydrogen-bond acceptors (Lipinski definition) is 6. The van der Waals surface area contributed by atoms with Crippen molar-refractivity contribution in [2.24, 2.45) is 0 Å². The Hall–Kier alpha value is -3.06. The Kier molecular flexibility index (Phi) is 6.62. The van der Waals surface area contributed by atoms with Crippen molar-refractivity contribution in [2.45, 2.75) is 33.2 Å². The van der Waals surface area contributed by atoms with Crippen molar-refractivity contribution >= 4 is 23.5 Å². The Morgan fingerprint density at radius 3 is 2.53 bits per heavy atom. The van der Waals surface area contributed by atoms with Crippen LogP contribution in [0.5, 0.6) is 0 Å². The summed E-state index contributed by atoms with van der Waals surface area (Å²) in [5.41, 5.74) is 1.60. The Bertz CT molecular complexity index is 1040. The van der Waals surface area contributed by atoms with Crippen molar-refractivity contribution in [1.82, 2.24) is 10.1 Å². The summed E-state index contributed by atoms with van der Waals surface area (Å²) in [6.07, 6.45) is 0. The van der Waals surface area contributed by atoms with Crippen molar-refractivity contribution in [3.63, 3.8) is 0 Å². The summed E-state index contributed by atoms with van der Waals surface area (Å²) in [4.78, 5) is 26.2. The standard InChI is InChI=1S/C22H23ClN2O5/c1-13(2)21-20(14(3)24-30-21)22(27)28-12-19(26)25(4)11-17-9-10-18(29-17)15-5-7-16(23)8-6-15/h5-10,13H,11-12H2,1-4H3. The second-order valence-electron chi connectivity index (χ2n) is 7.26. The van der Waals surface area contributed by atoms with E-state index in [0.717, 1.165) is 5.56 Å². The first-order chi connectivity index (χ1) is 14.3. The minimum atomic E-state index is -0.623. The van der Waals surface area contributed by atoms with Gasteiger partial charge >= 0.3 is 5.97 Å². The highest BCUT2D eigenvalue weighted by molar-refractivity contribution is 6.30. The number of likely N-dealkylation sites (N-methyl/N-ethyl adjacent to an activating group) is 1. The van der Waals surface area contributed by atoms with Crippen LogP contribution in [0.25, 0.3) is 11.3 Å². The molecule has 1 amide bonds. The van der Waals surface area contributed by atoms with Gasteiger partial charge in [-0.15, -0.1) is 0 Å². The summed E-state index contributed by atoms with van der Waals surface area (Å²) in [5, 5.41) is 4.46. The lowest BCUT2D eigenvalue weighted by Gasteiger charge is -2.15. The summed E-state index contributed by atoms with van der Waals surface area (Å²) < 4.78 is 16.2. The molecule has 0 aliphatic carbocycles. The monoisotopic (exact) mass is 430 g/mol. The lowest BCUT2D eigenvalue weighted by molar-refractivity contribution is -0.134. The Morgan fingerprint density at radius 2 is 1.87 bits per heavy atom. The van der Waals surface area contributed by atoms with E-state index in [1.54, 1.807) is 32.2 Å². The van der Waals surface area contributed by atoms with Gasteiger partial charge in [0, 0.05) is 23.6 Å². The van der Waals surface area contributed by atoms with E-state index >= 15 is 0 Å². The van der Waals surface area contributed by atoms with Crippen LogP contribution in [0, 0.1) is 6.92 Å². The molecule has 0 aliphatic rings. The molecule has 7 nitrogen and oxygen atoms in total. The van der Waals surface area contributed by atoms with Crippen LogP contribution < -0.4 is 0 Å². The molecule has 0 bridgehead atoms. The lowest BCUT2D eigenvalue weighted by Crippen LogP contribution is -2.30. The van der Waals surface area contributed by atoms with Crippen LogP contribution in [0.3, 0.4) is 0 Å². The fraction of sp³-hybridized carbons (Fsp3) is 0.318. The minimum Gasteiger partial charge on any atom is -0.459 e. The number of halogens is 1. The number of amides is 1. The zero-order chi connectivity index (χ0) is 21.8. The Morgan fingerprint density at radius 1 is 1.17 bits per heavy atom. The summed E-state index contributed by atoms with van der Waals surface area (Å²) >= 11 is 5.91. The Balaban J connectivity index is 1.57. The van der Waals surface area contributed by atoms with Gasteiger partial charge in [-0.1, -0.05) is 30.6 Å². The summed E-state index contributed by atoms with van der Waals surface area (Å²) in [6, 6.07) is 10.9.